The Kier molecular flexibility index (Phi) is 6.58. The van der Waals surface area contributed by atoms with E-state index in [4.69, 9.17) is 23.7 Å². The normalized spacial score (nSPS) is 30.6. The molecule has 0 radical (unpaired) electrons. The first-order chi connectivity index (χ1) is 15.5. The predicted octanol–water partition coefficient (Wildman–Crippen LogP) is 3.62. The smallest absolute Gasteiger partial charge is 0.417 e. The minimum atomic E-state index is -4.83. The Balaban J connectivity index is 1.68. The number of halogens is 5. The Labute approximate surface area is 187 Å². The average molecular weight is 480 g/mol. The molecule has 0 N–H and O–H groups in total. The molecule has 0 spiro atoms. The van der Waals surface area contributed by atoms with Crippen LogP contribution in [-0.2, 0) is 23.7 Å². The predicted molar refractivity (Wildman–Crippen MR) is 103 cm³/mol. The molecule has 3 heterocycles. The number of hydrogen-bond donors (Lipinski definition) is 0. The molecule has 3 aliphatic heterocycles. The van der Waals surface area contributed by atoms with Gasteiger partial charge in [-0.1, -0.05) is 13.0 Å². The molecule has 3 saturated heterocycles. The third kappa shape index (κ3) is 4.42. The van der Waals surface area contributed by atoms with Crippen molar-refractivity contribution in [1.29, 1.82) is 0 Å². The van der Waals surface area contributed by atoms with E-state index in [2.05, 4.69) is 0 Å². The van der Waals surface area contributed by atoms with Gasteiger partial charge in [-0.15, -0.1) is 0 Å². The first kappa shape index (κ1) is 24.2. The van der Waals surface area contributed by atoms with E-state index in [-0.39, 0.29) is 30.6 Å². The van der Waals surface area contributed by atoms with Crippen molar-refractivity contribution in [3.05, 3.63) is 29.3 Å². The highest BCUT2D eigenvalue weighted by Crippen LogP contribution is 2.55. The molecule has 1 aromatic rings. The first-order valence-electron chi connectivity index (χ1n) is 10.7. The summed E-state index contributed by atoms with van der Waals surface area (Å²) in [6, 6.07) is 1.94. The third-order valence-corrected chi connectivity index (χ3v) is 6.68. The summed E-state index contributed by atoms with van der Waals surface area (Å²) in [6.07, 6.45) is -6.52. The Morgan fingerprint density at radius 3 is 2.24 bits per heavy atom. The summed E-state index contributed by atoms with van der Waals surface area (Å²) in [6.45, 7) is 3.56. The maximum Gasteiger partial charge on any atom is 0.417 e. The fraction of sp³-hybridized carbons (Fsp3) is 0.682. The van der Waals surface area contributed by atoms with Crippen molar-refractivity contribution in [2.75, 3.05) is 39.6 Å². The van der Waals surface area contributed by atoms with Gasteiger partial charge in [0.2, 0.25) is 5.82 Å². The van der Waals surface area contributed by atoms with Gasteiger partial charge < -0.3 is 23.7 Å². The highest BCUT2D eigenvalue weighted by atomic mass is 19.4. The fourth-order valence-corrected chi connectivity index (χ4v) is 4.20. The fourth-order valence-electron chi connectivity index (χ4n) is 4.20. The van der Waals surface area contributed by atoms with Gasteiger partial charge in [-0.05, 0) is 13.0 Å². The third-order valence-electron chi connectivity index (χ3n) is 6.68. The lowest BCUT2D eigenvalue weighted by Gasteiger charge is -2.32. The summed E-state index contributed by atoms with van der Waals surface area (Å²) in [5.41, 5.74) is -2.80. The molecule has 0 aliphatic carbocycles. The van der Waals surface area contributed by atoms with Crippen LogP contribution in [0.5, 0.6) is 5.75 Å². The quantitative estimate of drug-likeness (QED) is 0.439. The molecule has 11 heteroatoms. The van der Waals surface area contributed by atoms with Crippen LogP contribution in [-0.4, -0.2) is 63.5 Å². The molecule has 0 saturated carbocycles. The number of alkyl halides is 3. The summed E-state index contributed by atoms with van der Waals surface area (Å²) in [5, 5.41) is 0. The van der Waals surface area contributed by atoms with Crippen LogP contribution in [0.3, 0.4) is 0 Å². The van der Waals surface area contributed by atoms with Crippen molar-refractivity contribution in [1.82, 2.24) is 0 Å². The lowest BCUT2D eigenvalue weighted by Crippen LogP contribution is -2.47. The number of carbonyl (C=O) groups is 1. The highest BCUT2D eigenvalue weighted by Gasteiger charge is 2.66. The molecule has 0 bridgehead atoms. The Morgan fingerprint density at radius 1 is 1.09 bits per heavy atom. The standard InChI is InChI=1S/C22H25F5O6/c1-11-16(14-3-4-15(23)17(24)18(14)31-9-12-5-29-6-12)19(33-21(11,2)22(25,26)27)20(28)32-10-13-7-30-8-13/h3-4,11-13,16,19H,5-10H2,1-2H3/t11-,16-,19?,21+/m0/s1. The van der Waals surface area contributed by atoms with Crippen LogP contribution in [0.1, 0.15) is 25.3 Å². The molecule has 1 unspecified atom stereocenters. The van der Waals surface area contributed by atoms with Crippen LogP contribution in [0.15, 0.2) is 12.1 Å². The molecule has 0 aromatic heterocycles. The van der Waals surface area contributed by atoms with Crippen LogP contribution in [0.2, 0.25) is 0 Å². The van der Waals surface area contributed by atoms with E-state index in [0.29, 0.717) is 26.4 Å². The minimum Gasteiger partial charge on any atom is -0.490 e. The Morgan fingerprint density at radius 2 is 1.70 bits per heavy atom. The Bertz CT molecular complexity index is 885. The SMILES string of the molecule is C[C@H]1[C@@H](c2ccc(F)c(F)c2OCC2COC2)C(C(=O)OCC2COC2)O[C@@]1(C)C(F)(F)F. The van der Waals surface area contributed by atoms with Crippen molar-refractivity contribution in [2.45, 2.75) is 37.6 Å². The van der Waals surface area contributed by atoms with Gasteiger partial charge in [-0.25, -0.2) is 9.18 Å². The maximum absolute atomic E-state index is 14.8. The number of esters is 1. The number of benzene rings is 1. The number of carbonyl (C=O) groups excluding carboxylic acids is 1. The molecular formula is C22H25F5O6. The van der Waals surface area contributed by atoms with Gasteiger partial charge in [0.15, 0.2) is 23.3 Å². The van der Waals surface area contributed by atoms with Gasteiger partial charge in [0.1, 0.15) is 0 Å². The van der Waals surface area contributed by atoms with Crippen molar-refractivity contribution >= 4 is 5.97 Å². The molecule has 184 valence electrons. The van der Waals surface area contributed by atoms with Crippen LogP contribution in [0.4, 0.5) is 22.0 Å². The molecular weight excluding hydrogens is 455 g/mol. The zero-order valence-corrected chi connectivity index (χ0v) is 18.1. The van der Waals surface area contributed by atoms with E-state index < -0.39 is 53.1 Å². The molecule has 3 aliphatic rings. The second-order valence-electron chi connectivity index (χ2n) is 8.99. The largest absolute Gasteiger partial charge is 0.490 e. The van der Waals surface area contributed by atoms with Crippen molar-refractivity contribution in [3.63, 3.8) is 0 Å². The van der Waals surface area contributed by atoms with Crippen molar-refractivity contribution in [3.8, 4) is 5.75 Å². The molecule has 3 fully saturated rings. The van der Waals surface area contributed by atoms with Gasteiger partial charge in [0.05, 0.1) is 39.6 Å². The van der Waals surface area contributed by atoms with E-state index in [1.54, 1.807) is 0 Å². The first-order valence-corrected chi connectivity index (χ1v) is 10.7. The van der Waals surface area contributed by atoms with Crippen molar-refractivity contribution in [2.24, 2.45) is 17.8 Å². The zero-order valence-electron chi connectivity index (χ0n) is 18.1. The second kappa shape index (κ2) is 8.99. The van der Waals surface area contributed by atoms with Crippen LogP contribution >= 0.6 is 0 Å². The molecule has 4 rings (SSSR count). The average Bonchev–Trinajstić information content (AvgIpc) is 2.95. The van der Waals surface area contributed by atoms with Gasteiger partial charge in [-0.3, -0.25) is 0 Å². The number of hydrogen-bond acceptors (Lipinski definition) is 6. The molecule has 0 amide bonds. The van der Waals surface area contributed by atoms with E-state index in [1.807, 2.05) is 0 Å². The lowest BCUT2D eigenvalue weighted by atomic mass is 9.77. The van der Waals surface area contributed by atoms with Gasteiger partial charge in [-0.2, -0.15) is 17.6 Å². The van der Waals surface area contributed by atoms with E-state index in [1.165, 1.54) is 6.92 Å². The van der Waals surface area contributed by atoms with Crippen LogP contribution in [0.25, 0.3) is 0 Å². The van der Waals surface area contributed by atoms with Crippen molar-refractivity contribution < 1.29 is 50.4 Å². The van der Waals surface area contributed by atoms with E-state index in [0.717, 1.165) is 19.1 Å². The summed E-state index contributed by atoms with van der Waals surface area (Å²) < 4.78 is 96.8. The van der Waals surface area contributed by atoms with Gasteiger partial charge >= 0.3 is 12.1 Å². The topological polar surface area (TPSA) is 63.2 Å². The van der Waals surface area contributed by atoms with Crippen LogP contribution < -0.4 is 4.74 Å². The zero-order chi connectivity index (χ0) is 24.0. The highest BCUT2D eigenvalue weighted by molar-refractivity contribution is 5.77. The van der Waals surface area contributed by atoms with Gasteiger partial charge in [0, 0.05) is 29.2 Å². The molecule has 33 heavy (non-hydrogen) atoms. The monoisotopic (exact) mass is 480 g/mol. The molecule has 1 aromatic carbocycles. The summed E-state index contributed by atoms with van der Waals surface area (Å²) in [5.74, 6) is -6.80. The van der Waals surface area contributed by atoms with Gasteiger partial charge in [0.25, 0.3) is 0 Å². The maximum atomic E-state index is 14.8. The second-order valence-corrected chi connectivity index (χ2v) is 8.99. The molecule has 4 atom stereocenters. The van der Waals surface area contributed by atoms with Crippen LogP contribution in [0, 0.1) is 29.4 Å². The lowest BCUT2D eigenvalue weighted by molar-refractivity contribution is -0.274. The summed E-state index contributed by atoms with van der Waals surface area (Å²) in [7, 11) is 0. The van der Waals surface area contributed by atoms with E-state index in [9.17, 15) is 26.7 Å². The number of ether oxygens (including phenoxy) is 5. The Hall–Kier alpha value is -1.98. The number of rotatable bonds is 7. The summed E-state index contributed by atoms with van der Waals surface area (Å²) >= 11 is 0. The summed E-state index contributed by atoms with van der Waals surface area (Å²) in [4.78, 5) is 12.8. The minimum absolute atomic E-state index is 0.0112. The van der Waals surface area contributed by atoms with E-state index >= 15 is 0 Å². The molecule has 6 nitrogen and oxygen atoms in total.